The van der Waals surface area contributed by atoms with Crippen LogP contribution in [0.3, 0.4) is 0 Å². The summed E-state index contributed by atoms with van der Waals surface area (Å²) in [5.41, 5.74) is 7.04. The molecule has 1 amide bonds. The van der Waals surface area contributed by atoms with Gasteiger partial charge in [0.2, 0.25) is 0 Å². The molecule has 1 saturated heterocycles. The van der Waals surface area contributed by atoms with Crippen molar-refractivity contribution >= 4 is 40.4 Å². The van der Waals surface area contributed by atoms with Gasteiger partial charge in [0.15, 0.2) is 0 Å². The number of halogens is 2. The monoisotopic (exact) mass is 369 g/mol. The minimum atomic E-state index is -0.0484. The lowest BCUT2D eigenvalue weighted by atomic mass is 10.0. The molecule has 7 heteroatoms. The van der Waals surface area contributed by atoms with Crippen molar-refractivity contribution in [3.05, 3.63) is 39.3 Å². The van der Waals surface area contributed by atoms with E-state index >= 15 is 0 Å². The van der Waals surface area contributed by atoms with Crippen molar-refractivity contribution < 1.29 is 4.79 Å². The summed E-state index contributed by atoms with van der Waals surface area (Å²) in [5.74, 6) is -0.0484. The molecule has 1 aromatic carbocycles. The molecule has 0 spiro atoms. The van der Waals surface area contributed by atoms with Crippen LogP contribution in [0.5, 0.6) is 0 Å². The normalized spacial score (nSPS) is 18.2. The molecular weight excluding hydrogens is 353 g/mol. The maximum absolute atomic E-state index is 12.7. The van der Waals surface area contributed by atoms with Gasteiger partial charge in [0.25, 0.3) is 5.91 Å². The number of benzene rings is 1. The number of carbonyl (C=O) groups is 1. The van der Waals surface area contributed by atoms with E-state index in [-0.39, 0.29) is 11.9 Å². The minimum absolute atomic E-state index is 0.0484. The van der Waals surface area contributed by atoms with Crippen molar-refractivity contribution in [2.45, 2.75) is 25.3 Å². The topological polar surface area (TPSA) is 59.2 Å². The predicted octanol–water partition coefficient (Wildman–Crippen LogP) is 4.07. The van der Waals surface area contributed by atoms with E-state index in [0.29, 0.717) is 22.3 Å². The fourth-order valence-electron chi connectivity index (χ4n) is 2.82. The molecule has 0 bridgehead atoms. The Bertz CT molecular complexity index is 719. The van der Waals surface area contributed by atoms with Gasteiger partial charge in [-0.1, -0.05) is 23.2 Å². The first kappa shape index (κ1) is 16.7. The lowest BCUT2D eigenvalue weighted by Crippen LogP contribution is -2.47. The zero-order valence-electron chi connectivity index (χ0n) is 12.5. The Morgan fingerprint density at radius 3 is 2.96 bits per heavy atom. The summed E-state index contributed by atoms with van der Waals surface area (Å²) in [7, 11) is 0. The smallest absolute Gasteiger partial charge is 0.273 e. The summed E-state index contributed by atoms with van der Waals surface area (Å²) < 4.78 is 0. The van der Waals surface area contributed by atoms with Crippen LogP contribution in [0.25, 0.3) is 10.6 Å². The number of likely N-dealkylation sites (tertiary alicyclic amines) is 1. The molecular formula is C16H17Cl2N3OS. The maximum Gasteiger partial charge on any atom is 0.273 e. The standard InChI is InChI=1S/C16H17Cl2N3OS/c17-10-4-5-12(13(18)7-10)15-20-14(9-23-15)16(22)21-6-2-1-3-11(21)8-19/h4-5,7,9,11H,1-3,6,8,19H2. The zero-order chi connectivity index (χ0) is 16.4. The van der Waals surface area contributed by atoms with Crippen LogP contribution in [0.4, 0.5) is 0 Å². The van der Waals surface area contributed by atoms with Crippen molar-refractivity contribution in [3.63, 3.8) is 0 Å². The SMILES string of the molecule is NCC1CCCCN1C(=O)c1csc(-c2ccc(Cl)cc2Cl)n1. The van der Waals surface area contributed by atoms with Gasteiger partial charge in [-0.25, -0.2) is 4.98 Å². The van der Waals surface area contributed by atoms with E-state index in [2.05, 4.69) is 4.98 Å². The average molecular weight is 370 g/mol. The Kier molecular flexibility index (Phi) is 5.21. The number of carbonyl (C=O) groups excluding carboxylic acids is 1. The number of rotatable bonds is 3. The third-order valence-corrected chi connectivity index (χ3v) is 5.47. The van der Waals surface area contributed by atoms with Crippen molar-refractivity contribution in [3.8, 4) is 10.6 Å². The van der Waals surface area contributed by atoms with Gasteiger partial charge in [0.1, 0.15) is 10.7 Å². The van der Waals surface area contributed by atoms with Crippen molar-refractivity contribution in [1.82, 2.24) is 9.88 Å². The number of hydrogen-bond donors (Lipinski definition) is 1. The quantitative estimate of drug-likeness (QED) is 0.886. The molecule has 3 rings (SSSR count). The van der Waals surface area contributed by atoms with E-state index in [1.807, 2.05) is 11.0 Å². The van der Waals surface area contributed by atoms with Gasteiger partial charge >= 0.3 is 0 Å². The predicted molar refractivity (Wildman–Crippen MR) is 95.3 cm³/mol. The number of nitrogens with two attached hydrogens (primary N) is 1. The highest BCUT2D eigenvalue weighted by Crippen LogP contribution is 2.33. The highest BCUT2D eigenvalue weighted by atomic mass is 35.5. The fourth-order valence-corrected chi connectivity index (χ4v) is 4.21. The maximum atomic E-state index is 12.7. The summed E-state index contributed by atoms with van der Waals surface area (Å²) in [6, 6.07) is 5.37. The zero-order valence-corrected chi connectivity index (χ0v) is 14.8. The molecule has 1 aliphatic rings. The highest BCUT2D eigenvalue weighted by Gasteiger charge is 2.28. The van der Waals surface area contributed by atoms with Crippen LogP contribution in [0.15, 0.2) is 23.6 Å². The molecule has 0 saturated carbocycles. The molecule has 0 radical (unpaired) electrons. The van der Waals surface area contributed by atoms with E-state index in [0.717, 1.165) is 36.4 Å². The average Bonchev–Trinajstić information content (AvgIpc) is 3.03. The van der Waals surface area contributed by atoms with Crippen LogP contribution >= 0.6 is 34.5 Å². The van der Waals surface area contributed by atoms with Crippen molar-refractivity contribution in [2.75, 3.05) is 13.1 Å². The highest BCUT2D eigenvalue weighted by molar-refractivity contribution is 7.13. The van der Waals surface area contributed by atoms with E-state index in [9.17, 15) is 4.79 Å². The summed E-state index contributed by atoms with van der Waals surface area (Å²) >= 11 is 13.5. The summed E-state index contributed by atoms with van der Waals surface area (Å²) in [5, 5.41) is 3.61. The molecule has 23 heavy (non-hydrogen) atoms. The first-order valence-electron chi connectivity index (χ1n) is 7.52. The Morgan fingerprint density at radius 1 is 1.39 bits per heavy atom. The molecule has 1 aromatic heterocycles. The fraction of sp³-hybridized carbons (Fsp3) is 0.375. The summed E-state index contributed by atoms with van der Waals surface area (Å²) in [4.78, 5) is 19.0. The van der Waals surface area contributed by atoms with Crippen molar-refractivity contribution in [2.24, 2.45) is 5.73 Å². The number of thiazole rings is 1. The molecule has 2 N–H and O–H groups in total. The second-order valence-corrected chi connectivity index (χ2v) is 7.25. The van der Waals surface area contributed by atoms with Crippen LogP contribution in [-0.2, 0) is 0 Å². The van der Waals surface area contributed by atoms with E-state index in [1.165, 1.54) is 11.3 Å². The van der Waals surface area contributed by atoms with Crippen molar-refractivity contribution in [1.29, 1.82) is 0 Å². The Balaban J connectivity index is 1.85. The third kappa shape index (κ3) is 3.53. The number of hydrogen-bond acceptors (Lipinski definition) is 4. The molecule has 1 atom stereocenters. The van der Waals surface area contributed by atoms with Gasteiger partial charge in [0.05, 0.1) is 5.02 Å². The lowest BCUT2D eigenvalue weighted by Gasteiger charge is -2.34. The van der Waals surface area contributed by atoms with Gasteiger partial charge < -0.3 is 10.6 Å². The number of amides is 1. The van der Waals surface area contributed by atoms with Crippen LogP contribution in [0.2, 0.25) is 10.0 Å². The Hall–Kier alpha value is -1.14. The van der Waals surface area contributed by atoms with Gasteiger partial charge in [-0.3, -0.25) is 4.79 Å². The van der Waals surface area contributed by atoms with Gasteiger partial charge in [-0.2, -0.15) is 0 Å². The molecule has 1 fully saturated rings. The first-order valence-corrected chi connectivity index (χ1v) is 9.15. The summed E-state index contributed by atoms with van der Waals surface area (Å²) in [6.07, 6.45) is 3.10. The van der Waals surface area contributed by atoms with Gasteiger partial charge in [-0.05, 0) is 37.5 Å². The Morgan fingerprint density at radius 2 is 2.22 bits per heavy atom. The Labute approximate surface area is 149 Å². The lowest BCUT2D eigenvalue weighted by molar-refractivity contribution is 0.0618. The number of piperidine rings is 1. The molecule has 0 aliphatic carbocycles. The van der Waals surface area contributed by atoms with Gasteiger partial charge in [0, 0.05) is 35.1 Å². The third-order valence-electron chi connectivity index (χ3n) is 4.04. The van der Waals surface area contributed by atoms with E-state index in [4.69, 9.17) is 28.9 Å². The molecule has 2 heterocycles. The van der Waals surface area contributed by atoms with Crippen LogP contribution < -0.4 is 5.73 Å². The van der Waals surface area contributed by atoms with Crippen LogP contribution in [-0.4, -0.2) is 34.9 Å². The van der Waals surface area contributed by atoms with E-state index < -0.39 is 0 Å². The molecule has 1 aliphatic heterocycles. The minimum Gasteiger partial charge on any atom is -0.333 e. The second kappa shape index (κ2) is 7.18. The number of nitrogens with zero attached hydrogens (tertiary/aromatic N) is 2. The summed E-state index contributed by atoms with van der Waals surface area (Å²) in [6.45, 7) is 1.24. The van der Waals surface area contributed by atoms with Gasteiger partial charge in [-0.15, -0.1) is 11.3 Å². The molecule has 1 unspecified atom stereocenters. The largest absolute Gasteiger partial charge is 0.333 e. The van der Waals surface area contributed by atoms with E-state index in [1.54, 1.807) is 17.5 Å². The first-order chi connectivity index (χ1) is 11.1. The molecule has 122 valence electrons. The molecule has 2 aromatic rings. The molecule has 4 nitrogen and oxygen atoms in total. The number of aromatic nitrogens is 1. The van der Waals surface area contributed by atoms with Crippen LogP contribution in [0, 0.1) is 0 Å². The second-order valence-electron chi connectivity index (χ2n) is 5.55. The van der Waals surface area contributed by atoms with Crippen LogP contribution in [0.1, 0.15) is 29.8 Å².